The Balaban J connectivity index is 1.69. The molecule has 0 heterocycles. The molecule has 0 radical (unpaired) electrons. The first kappa shape index (κ1) is 15.6. The highest BCUT2D eigenvalue weighted by Crippen LogP contribution is 2.18. The summed E-state index contributed by atoms with van der Waals surface area (Å²) in [4.78, 5) is 11.4. The average molecular weight is 302 g/mol. The molecule has 2 N–H and O–H groups in total. The lowest BCUT2D eigenvalue weighted by atomic mass is 10.1. The van der Waals surface area contributed by atoms with Gasteiger partial charge in [0, 0.05) is 12.6 Å². The Morgan fingerprint density at radius 1 is 1.19 bits per heavy atom. The fourth-order valence-corrected chi connectivity index (χ4v) is 1.68. The maximum Gasteiger partial charge on any atom is 0.411 e. The van der Waals surface area contributed by atoms with E-state index < -0.39 is 12.8 Å². The zero-order valence-corrected chi connectivity index (χ0v) is 11.4. The maximum atomic E-state index is 11.9. The van der Waals surface area contributed by atoms with Gasteiger partial charge in [-0.25, -0.2) is 4.79 Å². The molecule has 1 aromatic carbocycles. The maximum absolute atomic E-state index is 11.9. The van der Waals surface area contributed by atoms with Crippen LogP contribution in [0.3, 0.4) is 0 Å². The minimum atomic E-state index is -4.31. The van der Waals surface area contributed by atoms with Gasteiger partial charge in [-0.2, -0.15) is 13.2 Å². The van der Waals surface area contributed by atoms with E-state index in [4.69, 9.17) is 0 Å². The molecule has 0 unspecified atom stereocenters. The number of benzene rings is 1. The second kappa shape index (κ2) is 6.80. The minimum absolute atomic E-state index is 0.0879. The van der Waals surface area contributed by atoms with E-state index in [2.05, 4.69) is 15.4 Å². The molecule has 1 aliphatic carbocycles. The molecule has 2 rings (SSSR count). The van der Waals surface area contributed by atoms with E-state index in [1.165, 1.54) is 0 Å². The molecule has 0 spiro atoms. The first-order chi connectivity index (χ1) is 9.92. The van der Waals surface area contributed by atoms with Crippen LogP contribution < -0.4 is 10.6 Å². The molecule has 0 saturated heterocycles. The Bertz CT molecular complexity index is 470. The molecular formula is C14H17F3N2O2. The summed E-state index contributed by atoms with van der Waals surface area (Å²) in [5.74, 6) is 0. The first-order valence-electron chi connectivity index (χ1n) is 6.69. The molecule has 1 aromatic rings. The van der Waals surface area contributed by atoms with Gasteiger partial charge in [0.05, 0.1) is 6.61 Å². The molecule has 0 aliphatic heterocycles. The second-order valence-electron chi connectivity index (χ2n) is 5.03. The zero-order chi connectivity index (χ0) is 15.3. The lowest BCUT2D eigenvalue weighted by Gasteiger charge is -2.09. The average Bonchev–Trinajstić information content (AvgIpc) is 3.20. The van der Waals surface area contributed by atoms with Crippen molar-refractivity contribution >= 4 is 6.03 Å². The van der Waals surface area contributed by atoms with Crippen LogP contribution in [0, 0.1) is 0 Å². The van der Waals surface area contributed by atoms with Gasteiger partial charge in [-0.05, 0) is 24.0 Å². The van der Waals surface area contributed by atoms with Crippen LogP contribution >= 0.6 is 0 Å². The van der Waals surface area contributed by atoms with E-state index in [-0.39, 0.29) is 12.6 Å². The van der Waals surface area contributed by atoms with Crippen LogP contribution in [-0.4, -0.2) is 24.9 Å². The van der Waals surface area contributed by atoms with E-state index in [9.17, 15) is 18.0 Å². The van der Waals surface area contributed by atoms with E-state index in [1.54, 1.807) is 24.3 Å². The van der Waals surface area contributed by atoms with Gasteiger partial charge in [0.25, 0.3) is 0 Å². The largest absolute Gasteiger partial charge is 0.411 e. The predicted molar refractivity (Wildman–Crippen MR) is 70.5 cm³/mol. The lowest BCUT2D eigenvalue weighted by Crippen LogP contribution is -2.36. The van der Waals surface area contributed by atoms with Crippen LogP contribution in [-0.2, 0) is 17.9 Å². The fourth-order valence-electron chi connectivity index (χ4n) is 1.68. The Hall–Kier alpha value is -1.76. The van der Waals surface area contributed by atoms with Crippen molar-refractivity contribution in [2.45, 2.75) is 38.2 Å². The molecule has 1 fully saturated rings. The van der Waals surface area contributed by atoms with Crippen molar-refractivity contribution in [2.75, 3.05) is 6.61 Å². The summed E-state index contributed by atoms with van der Waals surface area (Å²) in [7, 11) is 0. The summed E-state index contributed by atoms with van der Waals surface area (Å²) in [5, 5.41) is 5.52. The number of rotatable bonds is 6. The monoisotopic (exact) mass is 302 g/mol. The number of alkyl halides is 3. The van der Waals surface area contributed by atoms with E-state index in [0.717, 1.165) is 18.4 Å². The molecule has 116 valence electrons. The van der Waals surface area contributed by atoms with Gasteiger partial charge < -0.3 is 15.4 Å². The molecule has 7 heteroatoms. The number of hydrogen-bond donors (Lipinski definition) is 2. The van der Waals surface area contributed by atoms with Gasteiger partial charge in [0.15, 0.2) is 0 Å². The SMILES string of the molecule is O=C(NCc1ccc(COCC(F)(F)F)cc1)NC1CC1. The smallest absolute Gasteiger partial charge is 0.367 e. The van der Waals surface area contributed by atoms with Gasteiger partial charge >= 0.3 is 12.2 Å². The summed E-state index contributed by atoms with van der Waals surface area (Å²) < 4.78 is 40.3. The predicted octanol–water partition coefficient (Wildman–Crippen LogP) is 2.73. The number of urea groups is 1. The van der Waals surface area contributed by atoms with Crippen LogP contribution in [0.4, 0.5) is 18.0 Å². The van der Waals surface area contributed by atoms with Crippen molar-refractivity contribution in [3.8, 4) is 0 Å². The summed E-state index contributed by atoms with van der Waals surface area (Å²) >= 11 is 0. The molecular weight excluding hydrogens is 285 g/mol. The number of carbonyl (C=O) groups is 1. The number of halogens is 3. The van der Waals surface area contributed by atoms with Crippen molar-refractivity contribution in [3.63, 3.8) is 0 Å². The van der Waals surface area contributed by atoms with Crippen molar-refractivity contribution in [3.05, 3.63) is 35.4 Å². The van der Waals surface area contributed by atoms with Crippen molar-refractivity contribution in [1.29, 1.82) is 0 Å². The van der Waals surface area contributed by atoms with Crippen LogP contribution in [0.2, 0.25) is 0 Å². The Labute approximate surface area is 120 Å². The molecule has 0 atom stereocenters. The van der Waals surface area contributed by atoms with E-state index >= 15 is 0 Å². The normalized spacial score (nSPS) is 14.8. The summed E-state index contributed by atoms with van der Waals surface area (Å²) in [6.07, 6.45) is -2.25. The first-order valence-corrected chi connectivity index (χ1v) is 6.69. The molecule has 21 heavy (non-hydrogen) atoms. The molecule has 0 bridgehead atoms. The Morgan fingerprint density at radius 2 is 1.81 bits per heavy atom. The van der Waals surface area contributed by atoms with Crippen molar-refractivity contribution in [2.24, 2.45) is 0 Å². The summed E-state index contributed by atoms with van der Waals surface area (Å²) in [6, 6.07) is 6.99. The van der Waals surface area contributed by atoms with Gasteiger partial charge in [-0.1, -0.05) is 24.3 Å². The molecule has 1 saturated carbocycles. The van der Waals surface area contributed by atoms with Crippen LogP contribution in [0.15, 0.2) is 24.3 Å². The van der Waals surface area contributed by atoms with Gasteiger partial charge in [-0.15, -0.1) is 0 Å². The number of amides is 2. The van der Waals surface area contributed by atoms with Gasteiger partial charge in [-0.3, -0.25) is 0 Å². The van der Waals surface area contributed by atoms with Crippen LogP contribution in [0.1, 0.15) is 24.0 Å². The second-order valence-corrected chi connectivity index (χ2v) is 5.03. The number of hydrogen-bond acceptors (Lipinski definition) is 2. The standard InChI is InChI=1S/C14H17F3N2O2/c15-14(16,17)9-21-8-11-3-1-10(2-4-11)7-18-13(20)19-12-5-6-12/h1-4,12H,5-9H2,(H2,18,19,20). The highest BCUT2D eigenvalue weighted by molar-refractivity contribution is 5.74. The summed E-state index contributed by atoms with van der Waals surface area (Å²) in [6.45, 7) is -0.963. The fraction of sp³-hybridized carbons (Fsp3) is 0.500. The van der Waals surface area contributed by atoms with E-state index in [1.807, 2.05) is 0 Å². The third kappa shape index (κ3) is 6.48. The number of ether oxygens (including phenoxy) is 1. The molecule has 1 aliphatic rings. The molecule has 0 aromatic heterocycles. The van der Waals surface area contributed by atoms with Gasteiger partial charge in [0.1, 0.15) is 6.61 Å². The topological polar surface area (TPSA) is 50.4 Å². The highest BCUT2D eigenvalue weighted by Gasteiger charge is 2.27. The van der Waals surface area contributed by atoms with Gasteiger partial charge in [0.2, 0.25) is 0 Å². The number of carbonyl (C=O) groups excluding carboxylic acids is 1. The highest BCUT2D eigenvalue weighted by atomic mass is 19.4. The minimum Gasteiger partial charge on any atom is -0.367 e. The summed E-state index contributed by atoms with van der Waals surface area (Å²) in [5.41, 5.74) is 1.53. The van der Waals surface area contributed by atoms with Crippen molar-refractivity contribution in [1.82, 2.24) is 10.6 Å². The van der Waals surface area contributed by atoms with Crippen molar-refractivity contribution < 1.29 is 22.7 Å². The molecule has 2 amide bonds. The number of nitrogens with one attached hydrogen (secondary N) is 2. The third-order valence-electron chi connectivity index (χ3n) is 2.92. The Morgan fingerprint density at radius 3 is 2.38 bits per heavy atom. The third-order valence-corrected chi connectivity index (χ3v) is 2.92. The van der Waals surface area contributed by atoms with Crippen LogP contribution in [0.5, 0.6) is 0 Å². The van der Waals surface area contributed by atoms with E-state index in [0.29, 0.717) is 18.2 Å². The molecule has 4 nitrogen and oxygen atoms in total. The Kier molecular flexibility index (Phi) is 5.06. The zero-order valence-electron chi connectivity index (χ0n) is 11.4. The lowest BCUT2D eigenvalue weighted by molar-refractivity contribution is -0.176. The quantitative estimate of drug-likeness (QED) is 0.849. The van der Waals surface area contributed by atoms with Crippen LogP contribution in [0.25, 0.3) is 0 Å².